The van der Waals surface area contributed by atoms with Crippen molar-refractivity contribution in [2.24, 2.45) is 5.92 Å². The molecule has 1 aliphatic carbocycles. The van der Waals surface area contributed by atoms with Crippen LogP contribution >= 0.6 is 0 Å². The summed E-state index contributed by atoms with van der Waals surface area (Å²) in [6.07, 6.45) is 5.81. The Bertz CT molecular complexity index is 1020. The second-order valence-corrected chi connectivity index (χ2v) is 9.69. The van der Waals surface area contributed by atoms with Gasteiger partial charge in [-0.2, -0.15) is 4.98 Å². The summed E-state index contributed by atoms with van der Waals surface area (Å²) in [6.45, 7) is 4.02. The van der Waals surface area contributed by atoms with E-state index < -0.39 is 11.2 Å². The number of imidazole rings is 1. The van der Waals surface area contributed by atoms with Gasteiger partial charge in [-0.05, 0) is 38.0 Å². The average Bonchev–Trinajstić information content (AvgIpc) is 3.20. The molecule has 1 spiro atoms. The maximum atomic E-state index is 12.9. The summed E-state index contributed by atoms with van der Waals surface area (Å²) in [5.41, 5.74) is 3.36. The van der Waals surface area contributed by atoms with E-state index in [0.717, 1.165) is 60.5 Å². The number of fused-ring (bicyclic) bond motifs is 1. The number of H-pyrrole nitrogens is 1. The number of para-hydroxylation sites is 2. The zero-order valence-electron chi connectivity index (χ0n) is 18.6. The van der Waals surface area contributed by atoms with E-state index in [0.29, 0.717) is 17.7 Å². The SMILES string of the molecule is Cc1c(OCCC2COC3(CCC3)OC2)ccnc1C[S+]([O-])c1nc2ccccc2[nH]1.[Na]. The van der Waals surface area contributed by atoms with Gasteiger partial charge in [0.25, 0.3) is 0 Å². The molecular formula is C23H27N3NaO4S. The Morgan fingerprint density at radius 1 is 1.22 bits per heavy atom. The van der Waals surface area contributed by atoms with Crippen LogP contribution in [0, 0.1) is 12.8 Å². The van der Waals surface area contributed by atoms with Gasteiger partial charge < -0.3 is 18.8 Å². The zero-order valence-corrected chi connectivity index (χ0v) is 21.5. The molecule has 1 atom stereocenters. The number of benzene rings is 1. The van der Waals surface area contributed by atoms with Crippen LogP contribution in [0.3, 0.4) is 0 Å². The zero-order chi connectivity index (χ0) is 21.3. The molecule has 2 fully saturated rings. The van der Waals surface area contributed by atoms with E-state index in [1.807, 2.05) is 37.3 Å². The first-order valence-electron chi connectivity index (χ1n) is 10.8. The smallest absolute Gasteiger partial charge is 0.322 e. The second-order valence-electron chi connectivity index (χ2n) is 8.32. The third-order valence-electron chi connectivity index (χ3n) is 6.17. The predicted molar refractivity (Wildman–Crippen MR) is 123 cm³/mol. The summed E-state index contributed by atoms with van der Waals surface area (Å²) in [6, 6.07) is 9.53. The van der Waals surface area contributed by atoms with Gasteiger partial charge in [0.05, 0.1) is 36.5 Å². The van der Waals surface area contributed by atoms with Crippen molar-refractivity contribution in [1.29, 1.82) is 0 Å². The van der Waals surface area contributed by atoms with Gasteiger partial charge in [0, 0.05) is 71.3 Å². The first-order valence-corrected chi connectivity index (χ1v) is 12.1. The Labute approximate surface area is 213 Å². The number of aromatic nitrogens is 3. The molecule has 3 heterocycles. The average molecular weight is 465 g/mol. The van der Waals surface area contributed by atoms with Crippen LogP contribution in [0.25, 0.3) is 11.0 Å². The molecule has 1 radical (unpaired) electrons. The summed E-state index contributed by atoms with van der Waals surface area (Å²) in [7, 11) is 0. The molecule has 3 aromatic rings. The quantitative estimate of drug-likeness (QED) is 0.425. The number of ether oxygens (including phenoxy) is 3. The molecule has 1 unspecified atom stereocenters. The molecule has 5 rings (SSSR count). The van der Waals surface area contributed by atoms with Gasteiger partial charge in [-0.15, -0.1) is 0 Å². The molecule has 1 saturated carbocycles. The van der Waals surface area contributed by atoms with Crippen LogP contribution < -0.4 is 4.74 Å². The number of hydrogen-bond donors (Lipinski definition) is 1. The third kappa shape index (κ3) is 5.17. The summed E-state index contributed by atoms with van der Waals surface area (Å²) in [4.78, 5) is 12.0. The number of rotatable bonds is 7. The van der Waals surface area contributed by atoms with E-state index >= 15 is 0 Å². The van der Waals surface area contributed by atoms with E-state index in [9.17, 15) is 4.55 Å². The Morgan fingerprint density at radius 3 is 2.72 bits per heavy atom. The molecule has 7 nitrogen and oxygen atoms in total. The van der Waals surface area contributed by atoms with Crippen molar-refractivity contribution >= 4 is 51.8 Å². The molecule has 165 valence electrons. The molecule has 0 bridgehead atoms. The van der Waals surface area contributed by atoms with Crippen molar-refractivity contribution in [2.45, 2.75) is 49.3 Å². The van der Waals surface area contributed by atoms with Gasteiger partial charge in [0.1, 0.15) is 5.75 Å². The Balaban J connectivity index is 0.00000245. The fourth-order valence-electron chi connectivity index (χ4n) is 3.98. The minimum absolute atomic E-state index is 0. The van der Waals surface area contributed by atoms with Gasteiger partial charge >= 0.3 is 5.16 Å². The van der Waals surface area contributed by atoms with Gasteiger partial charge in [0.2, 0.25) is 0 Å². The molecule has 1 aromatic carbocycles. The molecular weight excluding hydrogens is 437 g/mol. The van der Waals surface area contributed by atoms with Crippen molar-refractivity contribution < 1.29 is 18.8 Å². The summed E-state index contributed by atoms with van der Waals surface area (Å²) < 4.78 is 30.8. The Morgan fingerprint density at radius 2 is 2.00 bits per heavy atom. The van der Waals surface area contributed by atoms with Crippen LogP contribution in [-0.2, 0) is 26.4 Å². The van der Waals surface area contributed by atoms with Crippen molar-refractivity contribution in [3.05, 3.63) is 47.8 Å². The van der Waals surface area contributed by atoms with Crippen LogP contribution in [0.15, 0.2) is 41.7 Å². The largest absolute Gasteiger partial charge is 0.609 e. The number of nitrogens with one attached hydrogen (secondary N) is 1. The van der Waals surface area contributed by atoms with Crippen molar-refractivity contribution in [2.75, 3.05) is 19.8 Å². The molecule has 1 aliphatic heterocycles. The minimum Gasteiger partial charge on any atom is -0.609 e. The van der Waals surface area contributed by atoms with E-state index in [2.05, 4.69) is 15.0 Å². The van der Waals surface area contributed by atoms with E-state index in [-0.39, 0.29) is 41.1 Å². The molecule has 2 aromatic heterocycles. The number of aromatic amines is 1. The van der Waals surface area contributed by atoms with E-state index in [1.54, 1.807) is 6.20 Å². The fraction of sp³-hybridized carbons (Fsp3) is 0.478. The fourth-order valence-corrected chi connectivity index (χ4v) is 5.08. The minimum atomic E-state index is -1.32. The predicted octanol–water partition coefficient (Wildman–Crippen LogP) is 3.51. The summed E-state index contributed by atoms with van der Waals surface area (Å²) >= 11 is -1.32. The third-order valence-corrected chi connectivity index (χ3v) is 7.33. The van der Waals surface area contributed by atoms with Crippen molar-refractivity contribution in [1.82, 2.24) is 15.0 Å². The molecule has 1 saturated heterocycles. The number of hydrogen-bond acceptors (Lipinski definition) is 6. The maximum absolute atomic E-state index is 12.9. The topological polar surface area (TPSA) is 92.3 Å². The van der Waals surface area contributed by atoms with Gasteiger partial charge in [-0.25, -0.2) is 0 Å². The molecule has 0 amide bonds. The van der Waals surface area contributed by atoms with E-state index in [4.69, 9.17) is 14.2 Å². The molecule has 1 N–H and O–H groups in total. The molecule has 2 aliphatic rings. The van der Waals surface area contributed by atoms with Crippen molar-refractivity contribution in [3.63, 3.8) is 0 Å². The maximum Gasteiger partial charge on any atom is 0.322 e. The summed E-state index contributed by atoms with van der Waals surface area (Å²) in [5, 5.41) is 0.468. The first-order chi connectivity index (χ1) is 15.1. The van der Waals surface area contributed by atoms with E-state index in [1.165, 1.54) is 6.42 Å². The van der Waals surface area contributed by atoms with Crippen LogP contribution in [0.4, 0.5) is 0 Å². The summed E-state index contributed by atoms with van der Waals surface area (Å²) in [5.74, 6) is 1.15. The first kappa shape index (κ1) is 24.0. The monoisotopic (exact) mass is 464 g/mol. The van der Waals surface area contributed by atoms with Gasteiger partial charge in [-0.3, -0.25) is 9.97 Å². The van der Waals surface area contributed by atoms with Crippen molar-refractivity contribution in [3.8, 4) is 5.75 Å². The Hall–Kier alpha value is -1.13. The van der Waals surface area contributed by atoms with Crippen LogP contribution in [0.1, 0.15) is 36.9 Å². The second kappa shape index (κ2) is 10.4. The molecule has 32 heavy (non-hydrogen) atoms. The Kier molecular flexibility index (Phi) is 7.82. The van der Waals surface area contributed by atoms with Gasteiger partial charge in [-0.1, -0.05) is 12.1 Å². The van der Waals surface area contributed by atoms with Crippen LogP contribution in [-0.4, -0.2) is 74.7 Å². The molecule has 9 heteroatoms. The normalized spacial score (nSPS) is 18.8. The van der Waals surface area contributed by atoms with Crippen LogP contribution in [0.5, 0.6) is 5.75 Å². The standard InChI is InChI=1S/C23H27N3O4S.Na/c1-16-20(15-31(27)22-25-18-5-2-3-6-19(18)26-22)24-11-7-21(16)28-12-8-17-13-29-23(30-14-17)9-4-10-23;/h2-3,5-7,11,17H,4,8-10,12-15H2,1H3,(H,25,26);. The number of nitrogens with zero attached hydrogens (tertiary/aromatic N) is 2. The van der Waals surface area contributed by atoms with Crippen LogP contribution in [0.2, 0.25) is 0 Å². The van der Waals surface area contributed by atoms with Gasteiger partial charge in [0.15, 0.2) is 11.5 Å². The number of pyridine rings is 1.